The lowest BCUT2D eigenvalue weighted by Crippen LogP contribution is -1.96. The molecule has 14 heavy (non-hydrogen) atoms. The summed E-state index contributed by atoms with van der Waals surface area (Å²) in [5.74, 6) is -1.82. The highest BCUT2D eigenvalue weighted by atomic mass is 19.1. The summed E-state index contributed by atoms with van der Waals surface area (Å²) in [5, 5.41) is 12.4. The number of carboxylic acids is 1. The van der Waals surface area contributed by atoms with Crippen molar-refractivity contribution in [3.63, 3.8) is 0 Å². The Morgan fingerprint density at radius 2 is 2.29 bits per heavy atom. The van der Waals surface area contributed by atoms with Crippen molar-refractivity contribution in [2.75, 3.05) is 0 Å². The minimum absolute atomic E-state index is 0.147. The maximum Gasteiger partial charge on any atom is 0.335 e. The van der Waals surface area contributed by atoms with Crippen LogP contribution in [0.3, 0.4) is 0 Å². The normalized spacial score (nSPS) is 10.7. The highest BCUT2D eigenvalue weighted by Crippen LogP contribution is 2.22. The Morgan fingerprint density at radius 1 is 1.57 bits per heavy atom. The summed E-state index contributed by atoms with van der Waals surface area (Å²) in [6, 6.07) is 2.20. The molecule has 0 spiro atoms. The zero-order valence-corrected chi connectivity index (χ0v) is 7.24. The maximum atomic E-state index is 13.3. The molecule has 2 rings (SSSR count). The van der Waals surface area contributed by atoms with E-state index in [1.807, 2.05) is 0 Å². The van der Waals surface area contributed by atoms with Gasteiger partial charge in [0.15, 0.2) is 5.58 Å². The van der Waals surface area contributed by atoms with Crippen LogP contribution >= 0.6 is 0 Å². The van der Waals surface area contributed by atoms with Crippen LogP contribution in [0, 0.1) is 12.7 Å². The lowest BCUT2D eigenvalue weighted by Gasteiger charge is -1.95. The van der Waals surface area contributed by atoms with Crippen molar-refractivity contribution >= 4 is 16.9 Å². The molecule has 0 amide bonds. The zero-order valence-electron chi connectivity index (χ0n) is 7.24. The third-order valence-electron chi connectivity index (χ3n) is 1.94. The number of fused-ring (bicyclic) bond motifs is 1. The number of hydrogen-bond donors (Lipinski definition) is 1. The number of hydrogen-bond acceptors (Lipinski definition) is 3. The van der Waals surface area contributed by atoms with Gasteiger partial charge in [-0.3, -0.25) is 0 Å². The zero-order chi connectivity index (χ0) is 10.3. The van der Waals surface area contributed by atoms with Gasteiger partial charge in [0.2, 0.25) is 0 Å². The number of carboxylic acid groups (broad SMARTS) is 1. The first-order valence-electron chi connectivity index (χ1n) is 3.88. The van der Waals surface area contributed by atoms with Gasteiger partial charge in [-0.25, -0.2) is 9.18 Å². The number of aryl methyl sites for hydroxylation is 1. The predicted molar refractivity (Wildman–Crippen MR) is 45.7 cm³/mol. The van der Waals surface area contributed by atoms with E-state index in [9.17, 15) is 9.18 Å². The van der Waals surface area contributed by atoms with Gasteiger partial charge in [-0.05, 0) is 19.1 Å². The minimum atomic E-state index is -1.19. The smallest absolute Gasteiger partial charge is 0.335 e. The predicted octanol–water partition coefficient (Wildman–Crippen LogP) is 1.97. The van der Waals surface area contributed by atoms with Crippen LogP contribution in [0.4, 0.5) is 4.39 Å². The van der Waals surface area contributed by atoms with Crippen LogP contribution in [0.2, 0.25) is 0 Å². The van der Waals surface area contributed by atoms with Crippen LogP contribution in [0.15, 0.2) is 16.7 Å². The third-order valence-corrected chi connectivity index (χ3v) is 1.94. The lowest BCUT2D eigenvalue weighted by atomic mass is 10.1. The van der Waals surface area contributed by atoms with Gasteiger partial charge in [0, 0.05) is 0 Å². The number of benzene rings is 1. The molecule has 0 bridgehead atoms. The van der Waals surface area contributed by atoms with Gasteiger partial charge in [0.25, 0.3) is 0 Å². The van der Waals surface area contributed by atoms with Crippen molar-refractivity contribution in [3.8, 4) is 0 Å². The van der Waals surface area contributed by atoms with Gasteiger partial charge in [-0.2, -0.15) is 0 Å². The van der Waals surface area contributed by atoms with E-state index < -0.39 is 11.8 Å². The van der Waals surface area contributed by atoms with Gasteiger partial charge < -0.3 is 9.63 Å². The number of rotatable bonds is 1. The molecule has 72 valence electrons. The molecule has 0 aliphatic heterocycles. The first kappa shape index (κ1) is 8.68. The van der Waals surface area contributed by atoms with Crippen LogP contribution < -0.4 is 0 Å². The summed E-state index contributed by atoms with van der Waals surface area (Å²) in [6.07, 6.45) is 0. The second kappa shape index (κ2) is 2.80. The van der Waals surface area contributed by atoms with Crippen molar-refractivity contribution in [2.24, 2.45) is 0 Å². The SMILES string of the molecule is Cc1noc2cc(C(=O)O)cc(F)c12. The molecule has 0 unspecified atom stereocenters. The molecule has 0 saturated heterocycles. The van der Waals surface area contributed by atoms with Gasteiger partial charge in [-0.15, -0.1) is 0 Å². The van der Waals surface area contributed by atoms with Crippen LogP contribution in [0.25, 0.3) is 11.0 Å². The summed E-state index contributed by atoms with van der Waals surface area (Å²) >= 11 is 0. The highest BCUT2D eigenvalue weighted by molar-refractivity contribution is 5.93. The molecule has 0 fully saturated rings. The quantitative estimate of drug-likeness (QED) is 0.755. The van der Waals surface area contributed by atoms with E-state index in [0.29, 0.717) is 5.69 Å². The van der Waals surface area contributed by atoms with Crippen LogP contribution in [-0.4, -0.2) is 16.2 Å². The van der Waals surface area contributed by atoms with Crippen LogP contribution in [-0.2, 0) is 0 Å². The molecule has 0 radical (unpaired) electrons. The van der Waals surface area contributed by atoms with Gasteiger partial charge in [-0.1, -0.05) is 5.16 Å². The fraction of sp³-hybridized carbons (Fsp3) is 0.111. The number of carbonyl (C=O) groups is 1. The molecule has 4 nitrogen and oxygen atoms in total. The first-order valence-corrected chi connectivity index (χ1v) is 3.88. The van der Waals surface area contributed by atoms with Crippen molar-refractivity contribution < 1.29 is 18.8 Å². The molecular weight excluding hydrogens is 189 g/mol. The lowest BCUT2D eigenvalue weighted by molar-refractivity contribution is 0.0696. The van der Waals surface area contributed by atoms with Gasteiger partial charge >= 0.3 is 5.97 Å². The summed E-state index contributed by atoms with van der Waals surface area (Å²) < 4.78 is 18.1. The Labute approximate surface area is 77.9 Å². The van der Waals surface area contributed by atoms with Gasteiger partial charge in [0.1, 0.15) is 5.82 Å². The molecular formula is C9H6FNO3. The number of aromatic carboxylic acids is 1. The number of nitrogens with zero attached hydrogens (tertiary/aromatic N) is 1. The molecule has 1 aromatic carbocycles. The largest absolute Gasteiger partial charge is 0.478 e. The minimum Gasteiger partial charge on any atom is -0.478 e. The number of aromatic nitrogens is 1. The fourth-order valence-electron chi connectivity index (χ4n) is 1.29. The maximum absolute atomic E-state index is 13.3. The Bertz CT molecular complexity index is 518. The average molecular weight is 195 g/mol. The molecule has 0 aliphatic carbocycles. The first-order chi connectivity index (χ1) is 6.59. The molecule has 1 N–H and O–H groups in total. The van der Waals surface area contributed by atoms with E-state index in [4.69, 9.17) is 9.63 Å². The molecule has 5 heteroatoms. The summed E-state index contributed by atoms with van der Waals surface area (Å²) in [6.45, 7) is 1.59. The van der Waals surface area contributed by atoms with Crippen molar-refractivity contribution in [1.82, 2.24) is 5.16 Å². The molecule has 2 aromatic rings. The van der Waals surface area contributed by atoms with Crippen LogP contribution in [0.1, 0.15) is 16.1 Å². The Morgan fingerprint density at radius 3 is 2.93 bits per heavy atom. The molecule has 1 aromatic heterocycles. The molecule has 0 saturated carbocycles. The number of halogens is 1. The highest BCUT2D eigenvalue weighted by Gasteiger charge is 2.14. The van der Waals surface area contributed by atoms with Crippen LogP contribution in [0.5, 0.6) is 0 Å². The van der Waals surface area contributed by atoms with Crippen molar-refractivity contribution in [3.05, 3.63) is 29.2 Å². The van der Waals surface area contributed by atoms with Crippen molar-refractivity contribution in [2.45, 2.75) is 6.92 Å². The van der Waals surface area contributed by atoms with E-state index in [1.54, 1.807) is 6.92 Å². The summed E-state index contributed by atoms with van der Waals surface area (Å²) in [5.41, 5.74) is 0.417. The second-order valence-corrected chi connectivity index (χ2v) is 2.90. The Balaban J connectivity index is 2.80. The molecule has 0 atom stereocenters. The standard InChI is InChI=1S/C9H6FNO3/c1-4-8-6(10)2-5(9(12)13)3-7(8)14-11-4/h2-3H,1H3,(H,12,13). The summed E-state index contributed by atoms with van der Waals surface area (Å²) in [7, 11) is 0. The molecule has 1 heterocycles. The third kappa shape index (κ3) is 1.14. The van der Waals surface area contributed by atoms with Gasteiger partial charge in [0.05, 0.1) is 16.6 Å². The molecule has 0 aliphatic rings. The van der Waals surface area contributed by atoms with E-state index in [2.05, 4.69) is 5.16 Å². The average Bonchev–Trinajstić information content (AvgIpc) is 2.48. The topological polar surface area (TPSA) is 63.3 Å². The Hall–Kier alpha value is -1.91. The second-order valence-electron chi connectivity index (χ2n) is 2.90. The van der Waals surface area contributed by atoms with Crippen molar-refractivity contribution in [1.29, 1.82) is 0 Å². The monoisotopic (exact) mass is 195 g/mol. The van der Waals surface area contributed by atoms with E-state index >= 15 is 0 Å². The van der Waals surface area contributed by atoms with E-state index in [-0.39, 0.29) is 16.5 Å². The van der Waals surface area contributed by atoms with E-state index in [0.717, 1.165) is 6.07 Å². The Kier molecular flexibility index (Phi) is 1.73. The summed E-state index contributed by atoms with van der Waals surface area (Å²) in [4.78, 5) is 10.6. The van der Waals surface area contributed by atoms with E-state index in [1.165, 1.54) is 6.07 Å². The fourth-order valence-corrected chi connectivity index (χ4v) is 1.29.